The summed E-state index contributed by atoms with van der Waals surface area (Å²) in [7, 11) is -0.966. The van der Waals surface area contributed by atoms with Gasteiger partial charge in [0, 0.05) is 26.0 Å². The third-order valence-electron chi connectivity index (χ3n) is 3.32. The summed E-state index contributed by atoms with van der Waals surface area (Å²) in [6, 6.07) is 7.17. The van der Waals surface area contributed by atoms with Crippen molar-refractivity contribution in [2.24, 2.45) is 0 Å². The summed E-state index contributed by atoms with van der Waals surface area (Å²) in [5.41, 5.74) is -0.377. The van der Waals surface area contributed by atoms with Crippen LogP contribution in [0.1, 0.15) is 17.3 Å². The highest BCUT2D eigenvalue weighted by molar-refractivity contribution is 7.89. The first-order valence-corrected chi connectivity index (χ1v) is 8.89. The van der Waals surface area contributed by atoms with Crippen molar-refractivity contribution in [1.82, 2.24) is 9.29 Å². The number of anilines is 1. The van der Waals surface area contributed by atoms with E-state index in [1.165, 1.54) is 50.6 Å². The SMILES string of the molecule is CCOc1ccc(NC(=O)c2ccc[nH]c2=O)cc1S(=O)(=O)N(C)C. The monoisotopic (exact) mass is 365 g/mol. The minimum atomic E-state index is -3.77. The average Bonchev–Trinajstić information content (AvgIpc) is 2.56. The highest BCUT2D eigenvalue weighted by Gasteiger charge is 2.23. The third-order valence-corrected chi connectivity index (χ3v) is 5.16. The second-order valence-corrected chi connectivity index (χ2v) is 7.37. The Morgan fingerprint density at radius 3 is 2.60 bits per heavy atom. The summed E-state index contributed by atoms with van der Waals surface area (Å²) >= 11 is 0. The second kappa shape index (κ2) is 7.49. The zero-order chi connectivity index (χ0) is 18.6. The van der Waals surface area contributed by atoms with Crippen LogP contribution in [0.15, 0.2) is 46.2 Å². The van der Waals surface area contributed by atoms with Crippen molar-refractivity contribution in [1.29, 1.82) is 0 Å². The molecule has 0 saturated heterocycles. The Morgan fingerprint density at radius 2 is 2.00 bits per heavy atom. The van der Waals surface area contributed by atoms with Crippen molar-refractivity contribution in [2.75, 3.05) is 26.0 Å². The van der Waals surface area contributed by atoms with Crippen molar-refractivity contribution in [3.63, 3.8) is 0 Å². The van der Waals surface area contributed by atoms with Crippen LogP contribution in [0.5, 0.6) is 5.75 Å². The molecular formula is C16H19N3O5S. The average molecular weight is 365 g/mol. The minimum absolute atomic E-state index is 0.0703. The zero-order valence-corrected chi connectivity index (χ0v) is 14.9. The number of ether oxygens (including phenoxy) is 1. The van der Waals surface area contributed by atoms with Gasteiger partial charge >= 0.3 is 0 Å². The summed E-state index contributed by atoms with van der Waals surface area (Å²) < 4.78 is 31.4. The molecule has 8 nitrogen and oxygen atoms in total. The number of carbonyl (C=O) groups is 1. The molecule has 1 amide bonds. The summed E-state index contributed by atoms with van der Waals surface area (Å²) in [5, 5.41) is 2.52. The molecule has 134 valence electrons. The van der Waals surface area contributed by atoms with E-state index in [9.17, 15) is 18.0 Å². The predicted octanol–water partition coefficient (Wildman–Crippen LogP) is 1.28. The van der Waals surface area contributed by atoms with Crippen LogP contribution in [0.4, 0.5) is 5.69 Å². The Kier molecular flexibility index (Phi) is 5.60. The number of benzene rings is 1. The molecule has 1 aromatic heterocycles. The first kappa shape index (κ1) is 18.7. The number of amides is 1. The van der Waals surface area contributed by atoms with E-state index in [0.29, 0.717) is 6.61 Å². The molecule has 1 aromatic carbocycles. The van der Waals surface area contributed by atoms with Gasteiger partial charge in [-0.15, -0.1) is 0 Å². The molecule has 1 heterocycles. The molecule has 25 heavy (non-hydrogen) atoms. The lowest BCUT2D eigenvalue weighted by Gasteiger charge is -2.16. The van der Waals surface area contributed by atoms with Gasteiger partial charge < -0.3 is 15.0 Å². The number of hydrogen-bond donors (Lipinski definition) is 2. The van der Waals surface area contributed by atoms with Crippen LogP contribution in [-0.4, -0.2) is 44.3 Å². The molecule has 9 heteroatoms. The van der Waals surface area contributed by atoms with Gasteiger partial charge in [0.15, 0.2) is 0 Å². The number of rotatable bonds is 6. The molecule has 2 aromatic rings. The molecule has 2 N–H and O–H groups in total. The summed E-state index contributed by atoms with van der Waals surface area (Å²) in [5.74, 6) is -0.453. The number of nitrogens with zero attached hydrogens (tertiary/aromatic N) is 1. The van der Waals surface area contributed by atoms with Gasteiger partial charge in [-0.2, -0.15) is 0 Å². The fraction of sp³-hybridized carbons (Fsp3) is 0.250. The van der Waals surface area contributed by atoms with Crippen molar-refractivity contribution in [3.8, 4) is 5.75 Å². The minimum Gasteiger partial charge on any atom is -0.492 e. The highest BCUT2D eigenvalue weighted by atomic mass is 32.2. The highest BCUT2D eigenvalue weighted by Crippen LogP contribution is 2.29. The van der Waals surface area contributed by atoms with Crippen molar-refractivity contribution in [2.45, 2.75) is 11.8 Å². The van der Waals surface area contributed by atoms with Crippen molar-refractivity contribution < 1.29 is 17.9 Å². The molecular weight excluding hydrogens is 346 g/mol. The number of H-pyrrole nitrogens is 1. The first-order chi connectivity index (χ1) is 11.8. The third kappa shape index (κ3) is 4.06. The number of pyridine rings is 1. The van der Waals surface area contributed by atoms with Crippen molar-refractivity contribution in [3.05, 3.63) is 52.4 Å². The Hall–Kier alpha value is -2.65. The molecule has 0 unspecified atom stereocenters. The van der Waals surface area contributed by atoms with E-state index in [4.69, 9.17) is 4.74 Å². The molecule has 0 fully saturated rings. The van der Waals surface area contributed by atoms with Crippen LogP contribution < -0.4 is 15.6 Å². The number of carbonyl (C=O) groups excluding carboxylic acids is 1. The Morgan fingerprint density at radius 1 is 1.28 bits per heavy atom. The Balaban J connectivity index is 2.42. The molecule has 0 bridgehead atoms. The maximum atomic E-state index is 12.5. The van der Waals surface area contributed by atoms with Gasteiger partial charge in [0.25, 0.3) is 11.5 Å². The number of aromatic nitrogens is 1. The summed E-state index contributed by atoms with van der Waals surface area (Å²) in [6.45, 7) is 2.03. The number of hydrogen-bond acceptors (Lipinski definition) is 5. The van der Waals surface area contributed by atoms with E-state index in [1.54, 1.807) is 6.92 Å². The molecule has 0 saturated carbocycles. The molecule has 2 rings (SSSR count). The van der Waals surface area contributed by atoms with Gasteiger partial charge in [0.1, 0.15) is 16.2 Å². The van der Waals surface area contributed by atoms with E-state index < -0.39 is 21.5 Å². The van der Waals surface area contributed by atoms with Gasteiger partial charge in [-0.05, 0) is 37.3 Å². The fourth-order valence-electron chi connectivity index (χ4n) is 2.06. The summed E-state index contributed by atoms with van der Waals surface area (Å²) in [6.07, 6.45) is 1.41. The maximum Gasteiger partial charge on any atom is 0.261 e. The van der Waals surface area contributed by atoms with Gasteiger partial charge in [-0.3, -0.25) is 9.59 Å². The van der Waals surface area contributed by atoms with Crippen molar-refractivity contribution >= 4 is 21.6 Å². The first-order valence-electron chi connectivity index (χ1n) is 7.45. The standard InChI is InChI=1S/C16H19N3O5S/c1-4-24-13-8-7-11(10-14(13)25(22,23)19(2)3)18-16(21)12-6-5-9-17-15(12)20/h5-10H,4H2,1-3H3,(H,17,20)(H,18,21). The molecule has 0 aliphatic rings. The molecule has 0 aliphatic heterocycles. The Labute approximate surface area is 145 Å². The van der Waals surface area contributed by atoms with E-state index >= 15 is 0 Å². The van der Waals surface area contributed by atoms with Crippen LogP contribution in [0.25, 0.3) is 0 Å². The molecule has 0 aliphatic carbocycles. The smallest absolute Gasteiger partial charge is 0.261 e. The van der Waals surface area contributed by atoms with Crippen LogP contribution in [-0.2, 0) is 10.0 Å². The van der Waals surface area contributed by atoms with Crippen LogP contribution in [0.2, 0.25) is 0 Å². The normalized spacial score (nSPS) is 11.4. The second-order valence-electron chi connectivity index (χ2n) is 5.25. The largest absolute Gasteiger partial charge is 0.492 e. The Bertz CT molecular complexity index is 935. The lowest BCUT2D eigenvalue weighted by molar-refractivity contribution is 0.102. The fourth-order valence-corrected chi connectivity index (χ4v) is 3.11. The topological polar surface area (TPSA) is 109 Å². The summed E-state index contributed by atoms with van der Waals surface area (Å²) in [4.78, 5) is 26.2. The molecule has 0 radical (unpaired) electrons. The van der Waals surface area contributed by atoms with Crippen LogP contribution >= 0.6 is 0 Å². The lowest BCUT2D eigenvalue weighted by Crippen LogP contribution is -2.24. The lowest BCUT2D eigenvalue weighted by atomic mass is 10.2. The number of nitrogens with one attached hydrogen (secondary N) is 2. The van der Waals surface area contributed by atoms with E-state index in [-0.39, 0.29) is 21.9 Å². The van der Waals surface area contributed by atoms with Gasteiger partial charge in [-0.25, -0.2) is 12.7 Å². The van der Waals surface area contributed by atoms with E-state index in [0.717, 1.165) is 4.31 Å². The quantitative estimate of drug-likeness (QED) is 0.801. The number of sulfonamides is 1. The van der Waals surface area contributed by atoms with Crippen LogP contribution in [0, 0.1) is 0 Å². The molecule has 0 atom stereocenters. The number of aromatic amines is 1. The van der Waals surface area contributed by atoms with E-state index in [2.05, 4.69) is 10.3 Å². The zero-order valence-electron chi connectivity index (χ0n) is 14.1. The molecule has 0 spiro atoms. The maximum absolute atomic E-state index is 12.5. The van der Waals surface area contributed by atoms with Gasteiger partial charge in [0.05, 0.1) is 6.61 Å². The van der Waals surface area contributed by atoms with Crippen LogP contribution in [0.3, 0.4) is 0 Å². The van der Waals surface area contributed by atoms with Gasteiger partial charge in [-0.1, -0.05) is 0 Å². The predicted molar refractivity (Wildman–Crippen MR) is 93.5 cm³/mol. The van der Waals surface area contributed by atoms with Gasteiger partial charge in [0.2, 0.25) is 10.0 Å². The van der Waals surface area contributed by atoms with E-state index in [1.807, 2.05) is 0 Å².